The molecule has 0 unspecified atom stereocenters. The second-order valence-corrected chi connectivity index (χ2v) is 7.35. The summed E-state index contributed by atoms with van der Waals surface area (Å²) < 4.78 is 5.73. The number of benzene rings is 1. The molecule has 0 atom stereocenters. The highest BCUT2D eigenvalue weighted by atomic mass is 35.5. The molecule has 3 rings (SSSR count). The summed E-state index contributed by atoms with van der Waals surface area (Å²) in [6.45, 7) is 1.84. The molecule has 1 heterocycles. The van der Waals surface area contributed by atoms with Gasteiger partial charge in [-0.1, -0.05) is 43.4 Å². The molecule has 0 bridgehead atoms. The van der Waals surface area contributed by atoms with Crippen LogP contribution < -0.4 is 15.4 Å². The van der Waals surface area contributed by atoms with Crippen molar-refractivity contribution in [3.05, 3.63) is 52.7 Å². The summed E-state index contributed by atoms with van der Waals surface area (Å²) in [6, 6.07) is 9.09. The second kappa shape index (κ2) is 9.72. The Hall–Kier alpha value is -2.11. The molecule has 0 aliphatic heterocycles. The maximum Gasteiger partial charge on any atom is 0.252 e. The van der Waals surface area contributed by atoms with Crippen LogP contribution in [0.1, 0.15) is 48.0 Å². The van der Waals surface area contributed by atoms with Crippen LogP contribution >= 0.6 is 11.6 Å². The van der Waals surface area contributed by atoms with Crippen LogP contribution in [0, 0.1) is 5.92 Å². The standard InChI is InChI=1S/C21H26ClN3O2/c1-23-21(26)17-7-9-20(25-14-17)27-19-8-6-16(12-18(19)22)13-24-11-10-15-4-2-3-5-15/h6-9,12,14-15,24H,2-5,10-11,13H2,1H3,(H,23,26). The number of aromatic nitrogens is 1. The fraction of sp³-hybridized carbons (Fsp3) is 0.429. The molecule has 1 saturated carbocycles. The summed E-state index contributed by atoms with van der Waals surface area (Å²) >= 11 is 6.36. The Morgan fingerprint density at radius 3 is 2.74 bits per heavy atom. The molecule has 0 radical (unpaired) electrons. The van der Waals surface area contributed by atoms with Crippen molar-refractivity contribution >= 4 is 17.5 Å². The Kier molecular flexibility index (Phi) is 7.07. The smallest absolute Gasteiger partial charge is 0.252 e. The lowest BCUT2D eigenvalue weighted by Crippen LogP contribution is -2.17. The van der Waals surface area contributed by atoms with Crippen molar-refractivity contribution in [3.63, 3.8) is 0 Å². The van der Waals surface area contributed by atoms with Gasteiger partial charge in [0.05, 0.1) is 10.6 Å². The van der Waals surface area contributed by atoms with Crippen LogP contribution in [0.2, 0.25) is 5.02 Å². The number of nitrogens with zero attached hydrogens (tertiary/aromatic N) is 1. The van der Waals surface area contributed by atoms with Gasteiger partial charge in [0.25, 0.3) is 5.91 Å². The van der Waals surface area contributed by atoms with E-state index in [1.807, 2.05) is 18.2 Å². The Morgan fingerprint density at radius 2 is 2.07 bits per heavy atom. The van der Waals surface area contributed by atoms with Gasteiger partial charge < -0.3 is 15.4 Å². The van der Waals surface area contributed by atoms with Gasteiger partial charge in [0.2, 0.25) is 5.88 Å². The van der Waals surface area contributed by atoms with E-state index in [1.165, 1.54) is 38.3 Å². The third-order valence-corrected chi connectivity index (χ3v) is 5.27. The molecule has 1 aromatic carbocycles. The largest absolute Gasteiger partial charge is 0.437 e. The molecular weight excluding hydrogens is 362 g/mol. The van der Waals surface area contributed by atoms with E-state index in [1.54, 1.807) is 19.2 Å². The van der Waals surface area contributed by atoms with Crippen molar-refractivity contribution in [2.24, 2.45) is 5.92 Å². The van der Waals surface area contributed by atoms with Crippen molar-refractivity contribution < 1.29 is 9.53 Å². The molecule has 0 saturated heterocycles. The van der Waals surface area contributed by atoms with Gasteiger partial charge >= 0.3 is 0 Å². The molecule has 5 nitrogen and oxygen atoms in total. The molecule has 1 aliphatic rings. The van der Waals surface area contributed by atoms with Crippen LogP contribution in [0.25, 0.3) is 0 Å². The first-order valence-corrected chi connectivity index (χ1v) is 9.88. The van der Waals surface area contributed by atoms with Crippen molar-refractivity contribution in [1.29, 1.82) is 0 Å². The zero-order valence-corrected chi connectivity index (χ0v) is 16.4. The van der Waals surface area contributed by atoms with Gasteiger partial charge in [0.15, 0.2) is 0 Å². The zero-order chi connectivity index (χ0) is 19.1. The third kappa shape index (κ3) is 5.68. The zero-order valence-electron chi connectivity index (χ0n) is 15.6. The number of ether oxygens (including phenoxy) is 1. The van der Waals surface area contributed by atoms with Gasteiger partial charge in [-0.2, -0.15) is 0 Å². The van der Waals surface area contributed by atoms with Crippen molar-refractivity contribution in [1.82, 2.24) is 15.6 Å². The number of halogens is 1. The number of amides is 1. The molecule has 2 aromatic rings. The van der Waals surface area contributed by atoms with Gasteiger partial charge in [-0.3, -0.25) is 4.79 Å². The highest BCUT2D eigenvalue weighted by Crippen LogP contribution is 2.30. The van der Waals surface area contributed by atoms with Crippen LogP contribution in [0.3, 0.4) is 0 Å². The maximum absolute atomic E-state index is 11.5. The normalized spacial score (nSPS) is 14.3. The molecule has 6 heteroatoms. The predicted octanol–water partition coefficient (Wildman–Crippen LogP) is 4.56. The predicted molar refractivity (Wildman–Crippen MR) is 107 cm³/mol. The lowest BCUT2D eigenvalue weighted by atomic mass is 10.0. The molecule has 0 spiro atoms. The summed E-state index contributed by atoms with van der Waals surface area (Å²) in [5, 5.41) is 6.60. The SMILES string of the molecule is CNC(=O)c1ccc(Oc2ccc(CNCCC3CCCC3)cc2Cl)nc1. The van der Waals surface area contributed by atoms with E-state index in [4.69, 9.17) is 16.3 Å². The number of nitrogens with one attached hydrogen (secondary N) is 2. The van der Waals surface area contributed by atoms with E-state index in [2.05, 4.69) is 15.6 Å². The average molecular weight is 388 g/mol. The Bertz CT molecular complexity index is 759. The second-order valence-electron chi connectivity index (χ2n) is 6.95. The highest BCUT2D eigenvalue weighted by molar-refractivity contribution is 6.32. The topological polar surface area (TPSA) is 63.2 Å². The molecule has 1 amide bonds. The van der Waals surface area contributed by atoms with E-state index in [-0.39, 0.29) is 5.91 Å². The van der Waals surface area contributed by atoms with Crippen LogP contribution in [0.4, 0.5) is 0 Å². The summed E-state index contributed by atoms with van der Waals surface area (Å²) in [7, 11) is 1.58. The van der Waals surface area contributed by atoms with Crippen LogP contribution in [0.5, 0.6) is 11.6 Å². The quantitative estimate of drug-likeness (QED) is 0.652. The molecule has 27 heavy (non-hydrogen) atoms. The first kappa shape index (κ1) is 19.6. The molecule has 2 N–H and O–H groups in total. The summed E-state index contributed by atoms with van der Waals surface area (Å²) in [4.78, 5) is 15.7. The van der Waals surface area contributed by atoms with Gasteiger partial charge in [-0.05, 0) is 42.6 Å². The van der Waals surface area contributed by atoms with Crippen LogP contribution in [-0.4, -0.2) is 24.5 Å². The Labute approximate surface area is 165 Å². The van der Waals surface area contributed by atoms with Crippen molar-refractivity contribution in [2.75, 3.05) is 13.6 Å². The molecule has 1 aliphatic carbocycles. The third-order valence-electron chi connectivity index (χ3n) is 4.97. The Morgan fingerprint density at radius 1 is 1.26 bits per heavy atom. The van der Waals surface area contributed by atoms with Crippen molar-refractivity contribution in [2.45, 2.75) is 38.6 Å². The van der Waals surface area contributed by atoms with Gasteiger partial charge in [0.1, 0.15) is 5.75 Å². The first-order chi connectivity index (χ1) is 13.2. The number of carbonyl (C=O) groups excluding carboxylic acids is 1. The first-order valence-electron chi connectivity index (χ1n) is 9.51. The number of rotatable bonds is 8. The molecule has 1 fully saturated rings. The van der Waals surface area contributed by atoms with Crippen LogP contribution in [0.15, 0.2) is 36.5 Å². The lowest BCUT2D eigenvalue weighted by molar-refractivity contribution is 0.0962. The fourth-order valence-electron chi connectivity index (χ4n) is 3.41. The van der Waals surface area contributed by atoms with E-state index in [0.717, 1.165) is 24.6 Å². The number of hydrogen-bond donors (Lipinski definition) is 2. The molecule has 1 aromatic heterocycles. The average Bonchev–Trinajstić information content (AvgIpc) is 3.21. The Balaban J connectivity index is 1.50. The molecule has 144 valence electrons. The number of hydrogen-bond acceptors (Lipinski definition) is 4. The van der Waals surface area contributed by atoms with Gasteiger partial charge in [-0.15, -0.1) is 0 Å². The lowest BCUT2D eigenvalue weighted by Gasteiger charge is -2.11. The van der Waals surface area contributed by atoms with E-state index in [9.17, 15) is 4.79 Å². The van der Waals surface area contributed by atoms with E-state index >= 15 is 0 Å². The van der Waals surface area contributed by atoms with E-state index < -0.39 is 0 Å². The monoisotopic (exact) mass is 387 g/mol. The molecular formula is C21H26ClN3O2. The number of carbonyl (C=O) groups is 1. The highest BCUT2D eigenvalue weighted by Gasteiger charge is 2.14. The van der Waals surface area contributed by atoms with E-state index in [0.29, 0.717) is 22.2 Å². The van der Waals surface area contributed by atoms with Crippen LogP contribution in [-0.2, 0) is 6.54 Å². The van der Waals surface area contributed by atoms with Gasteiger partial charge in [-0.25, -0.2) is 4.98 Å². The minimum atomic E-state index is -0.183. The summed E-state index contributed by atoms with van der Waals surface area (Å²) in [5.74, 6) is 1.66. The number of pyridine rings is 1. The maximum atomic E-state index is 11.5. The summed E-state index contributed by atoms with van der Waals surface area (Å²) in [5.41, 5.74) is 1.61. The van der Waals surface area contributed by atoms with Gasteiger partial charge in [0, 0.05) is 25.9 Å². The minimum Gasteiger partial charge on any atom is -0.437 e. The summed E-state index contributed by atoms with van der Waals surface area (Å²) in [6.07, 6.45) is 8.29. The van der Waals surface area contributed by atoms with Crippen molar-refractivity contribution in [3.8, 4) is 11.6 Å². The fourth-order valence-corrected chi connectivity index (χ4v) is 3.65. The minimum absolute atomic E-state index is 0.183.